The van der Waals surface area contributed by atoms with Crippen LogP contribution in [0, 0.1) is 0 Å². The van der Waals surface area contributed by atoms with E-state index in [-0.39, 0.29) is 0 Å². The lowest BCUT2D eigenvalue weighted by Gasteiger charge is -2.12. The van der Waals surface area contributed by atoms with Gasteiger partial charge in [0.05, 0.1) is 25.3 Å². The summed E-state index contributed by atoms with van der Waals surface area (Å²) >= 11 is 0. The van der Waals surface area contributed by atoms with Gasteiger partial charge in [-0.1, -0.05) is 26.0 Å². The molecule has 138 valence electrons. The molecular weight excluding hydrogens is 334 g/mol. The second kappa shape index (κ2) is 6.99. The fraction of sp³-hybridized carbons (Fsp3) is 0.250. The van der Waals surface area contributed by atoms with Gasteiger partial charge in [0, 0.05) is 16.5 Å². The summed E-state index contributed by atoms with van der Waals surface area (Å²) in [5.41, 5.74) is 4.87. The first-order valence-corrected chi connectivity index (χ1v) is 9.42. The van der Waals surface area contributed by atoms with Crippen LogP contribution >= 0.6 is 0 Å². The quantitative estimate of drug-likeness (QED) is 0.416. The average molecular weight is 359 g/mol. The van der Waals surface area contributed by atoms with Crippen molar-refractivity contribution in [2.45, 2.75) is 26.2 Å². The highest BCUT2D eigenvalue weighted by Gasteiger charge is 2.14. The SMILES string of the molecule is CCC(C)c1ccc(-n2c3ccc(OC)cc3c3cc(OC)ccc32)cc1. The largest absolute Gasteiger partial charge is 0.497 e. The van der Waals surface area contributed by atoms with Gasteiger partial charge >= 0.3 is 0 Å². The van der Waals surface area contributed by atoms with Gasteiger partial charge in [-0.15, -0.1) is 0 Å². The van der Waals surface area contributed by atoms with E-state index in [0.717, 1.165) is 45.4 Å². The third-order valence-corrected chi connectivity index (χ3v) is 5.51. The van der Waals surface area contributed by atoms with Crippen LogP contribution in [0.4, 0.5) is 0 Å². The van der Waals surface area contributed by atoms with E-state index in [0.29, 0.717) is 5.92 Å². The first-order valence-electron chi connectivity index (χ1n) is 9.42. The second-order valence-corrected chi connectivity index (χ2v) is 7.00. The summed E-state index contributed by atoms with van der Waals surface area (Å²) in [6.45, 7) is 4.50. The standard InChI is InChI=1S/C24H25NO2/c1-5-16(2)17-6-8-18(9-7-17)25-23-12-10-19(26-3)14-21(23)22-15-20(27-4)11-13-24(22)25/h6-16H,5H2,1-4H3. The van der Waals surface area contributed by atoms with Gasteiger partial charge in [0.1, 0.15) is 11.5 Å². The van der Waals surface area contributed by atoms with Crippen LogP contribution in [-0.2, 0) is 0 Å². The highest BCUT2D eigenvalue weighted by Crippen LogP contribution is 2.36. The first kappa shape index (κ1) is 17.5. The average Bonchev–Trinajstić information content (AvgIpc) is 3.05. The molecule has 1 unspecified atom stereocenters. The van der Waals surface area contributed by atoms with Crippen LogP contribution in [0.15, 0.2) is 60.7 Å². The Morgan fingerprint density at radius 1 is 0.778 bits per heavy atom. The van der Waals surface area contributed by atoms with Crippen molar-refractivity contribution in [1.29, 1.82) is 0 Å². The van der Waals surface area contributed by atoms with Crippen LogP contribution in [-0.4, -0.2) is 18.8 Å². The van der Waals surface area contributed by atoms with E-state index in [4.69, 9.17) is 9.47 Å². The predicted molar refractivity (Wildman–Crippen MR) is 113 cm³/mol. The van der Waals surface area contributed by atoms with E-state index in [1.807, 2.05) is 12.1 Å². The maximum absolute atomic E-state index is 5.46. The molecule has 3 nitrogen and oxygen atoms in total. The molecule has 0 aliphatic rings. The minimum absolute atomic E-state index is 0.575. The molecule has 0 fully saturated rings. The molecule has 0 amide bonds. The molecule has 0 N–H and O–H groups in total. The Bertz CT molecular complexity index is 1030. The Kier molecular flexibility index (Phi) is 4.53. The summed E-state index contributed by atoms with van der Waals surface area (Å²) < 4.78 is 13.2. The van der Waals surface area contributed by atoms with Crippen molar-refractivity contribution < 1.29 is 9.47 Å². The number of fused-ring (bicyclic) bond motifs is 3. The molecule has 3 aromatic carbocycles. The lowest BCUT2D eigenvalue weighted by molar-refractivity contribution is 0.415. The predicted octanol–water partition coefficient (Wildman–Crippen LogP) is 6.31. The fourth-order valence-electron chi connectivity index (χ4n) is 3.70. The lowest BCUT2D eigenvalue weighted by Crippen LogP contribution is -1.96. The monoisotopic (exact) mass is 359 g/mol. The molecule has 0 aliphatic heterocycles. The van der Waals surface area contributed by atoms with Gasteiger partial charge in [0.2, 0.25) is 0 Å². The van der Waals surface area contributed by atoms with Gasteiger partial charge in [0.25, 0.3) is 0 Å². The van der Waals surface area contributed by atoms with Crippen molar-refractivity contribution in [3.8, 4) is 17.2 Å². The second-order valence-electron chi connectivity index (χ2n) is 7.00. The van der Waals surface area contributed by atoms with Gasteiger partial charge in [-0.25, -0.2) is 0 Å². The molecule has 4 aromatic rings. The molecule has 1 heterocycles. The molecule has 0 radical (unpaired) electrons. The van der Waals surface area contributed by atoms with Crippen LogP contribution in [0.1, 0.15) is 31.7 Å². The molecule has 0 aliphatic carbocycles. The minimum Gasteiger partial charge on any atom is -0.497 e. The fourth-order valence-corrected chi connectivity index (χ4v) is 3.70. The molecule has 1 atom stereocenters. The Morgan fingerprint density at radius 3 is 1.74 bits per heavy atom. The zero-order valence-electron chi connectivity index (χ0n) is 16.3. The number of hydrogen-bond acceptors (Lipinski definition) is 2. The van der Waals surface area contributed by atoms with E-state index in [9.17, 15) is 0 Å². The van der Waals surface area contributed by atoms with Crippen molar-refractivity contribution in [3.05, 3.63) is 66.2 Å². The van der Waals surface area contributed by atoms with Crippen LogP contribution in [0.5, 0.6) is 11.5 Å². The van der Waals surface area contributed by atoms with Crippen molar-refractivity contribution in [2.24, 2.45) is 0 Å². The van der Waals surface area contributed by atoms with Gasteiger partial charge in [-0.3, -0.25) is 0 Å². The summed E-state index contributed by atoms with van der Waals surface area (Å²) in [6.07, 6.45) is 1.15. The molecule has 0 saturated carbocycles. The van der Waals surface area contributed by atoms with Crippen molar-refractivity contribution in [2.75, 3.05) is 14.2 Å². The first-order chi connectivity index (χ1) is 13.2. The molecular formula is C24H25NO2. The number of benzene rings is 3. The van der Waals surface area contributed by atoms with Gasteiger partial charge in [-0.05, 0) is 66.4 Å². The number of hydrogen-bond donors (Lipinski definition) is 0. The van der Waals surface area contributed by atoms with Crippen molar-refractivity contribution >= 4 is 21.8 Å². The Balaban J connectivity index is 1.98. The molecule has 0 saturated heterocycles. The summed E-state index contributed by atoms with van der Waals surface area (Å²) in [6, 6.07) is 21.4. The van der Waals surface area contributed by atoms with E-state index in [1.54, 1.807) is 14.2 Å². The third kappa shape index (κ3) is 2.93. The van der Waals surface area contributed by atoms with Crippen LogP contribution in [0.3, 0.4) is 0 Å². The Labute approximate surface area is 160 Å². The highest BCUT2D eigenvalue weighted by molar-refractivity contribution is 6.10. The van der Waals surface area contributed by atoms with Gasteiger partial charge in [0.15, 0.2) is 0 Å². The van der Waals surface area contributed by atoms with Crippen molar-refractivity contribution in [1.82, 2.24) is 4.57 Å². The maximum Gasteiger partial charge on any atom is 0.119 e. The summed E-state index contributed by atoms with van der Waals surface area (Å²) in [5, 5.41) is 2.32. The highest BCUT2D eigenvalue weighted by atomic mass is 16.5. The van der Waals surface area contributed by atoms with Crippen LogP contribution in [0.25, 0.3) is 27.5 Å². The topological polar surface area (TPSA) is 23.4 Å². The third-order valence-electron chi connectivity index (χ3n) is 5.51. The summed E-state index contributed by atoms with van der Waals surface area (Å²) in [5.74, 6) is 2.29. The van der Waals surface area contributed by atoms with Crippen molar-refractivity contribution in [3.63, 3.8) is 0 Å². The molecule has 0 bridgehead atoms. The normalized spacial score (nSPS) is 12.4. The van der Waals surface area contributed by atoms with E-state index in [1.165, 1.54) is 5.56 Å². The smallest absolute Gasteiger partial charge is 0.119 e. The number of aromatic nitrogens is 1. The van der Waals surface area contributed by atoms with E-state index < -0.39 is 0 Å². The minimum atomic E-state index is 0.575. The van der Waals surface area contributed by atoms with Crippen LogP contribution in [0.2, 0.25) is 0 Å². The molecule has 1 aromatic heterocycles. The van der Waals surface area contributed by atoms with Gasteiger partial charge in [-0.2, -0.15) is 0 Å². The maximum atomic E-state index is 5.46. The molecule has 4 rings (SSSR count). The summed E-state index contributed by atoms with van der Waals surface area (Å²) in [4.78, 5) is 0. The van der Waals surface area contributed by atoms with Crippen LogP contribution < -0.4 is 9.47 Å². The van der Waals surface area contributed by atoms with E-state index in [2.05, 4.69) is 66.9 Å². The van der Waals surface area contributed by atoms with E-state index >= 15 is 0 Å². The Hall–Kier alpha value is -2.94. The Morgan fingerprint density at radius 2 is 1.30 bits per heavy atom. The summed E-state index contributed by atoms with van der Waals surface area (Å²) in [7, 11) is 3.41. The number of methoxy groups -OCH3 is 2. The lowest BCUT2D eigenvalue weighted by atomic mass is 9.98. The molecule has 0 spiro atoms. The number of rotatable bonds is 5. The molecule has 3 heteroatoms. The zero-order chi connectivity index (χ0) is 19.0. The zero-order valence-corrected chi connectivity index (χ0v) is 16.3. The molecule has 27 heavy (non-hydrogen) atoms. The number of nitrogens with zero attached hydrogens (tertiary/aromatic N) is 1. The number of ether oxygens (including phenoxy) is 2. The van der Waals surface area contributed by atoms with Gasteiger partial charge < -0.3 is 14.0 Å².